The lowest BCUT2D eigenvalue weighted by atomic mass is 9.99. The Bertz CT molecular complexity index is 361. The monoisotopic (exact) mass is 255 g/mol. The highest BCUT2D eigenvalue weighted by Crippen LogP contribution is 2.16. The lowest BCUT2D eigenvalue weighted by Crippen LogP contribution is -2.16. The molecule has 0 fully saturated rings. The molecule has 0 heterocycles. The molecule has 14 heavy (non-hydrogen) atoms. The van der Waals surface area contributed by atoms with E-state index in [0.29, 0.717) is 6.54 Å². The minimum absolute atomic E-state index is 0.171. The number of hydrogen-bond donors (Lipinski definition) is 1. The van der Waals surface area contributed by atoms with Gasteiger partial charge in [0.25, 0.3) is 4.82 Å². The van der Waals surface area contributed by atoms with E-state index in [1.807, 2.05) is 0 Å². The van der Waals surface area contributed by atoms with Crippen LogP contribution in [0.4, 0.5) is 4.79 Å². The molecule has 1 amide bonds. The van der Waals surface area contributed by atoms with E-state index in [0.717, 1.165) is 0 Å². The van der Waals surface area contributed by atoms with E-state index >= 15 is 0 Å². The Morgan fingerprint density at radius 3 is 2.50 bits per heavy atom. The second-order valence-electron chi connectivity index (χ2n) is 3.42. The first-order valence-corrected chi connectivity index (χ1v) is 5.30. The van der Waals surface area contributed by atoms with Crippen molar-refractivity contribution < 1.29 is 4.79 Å². The number of rotatable bonds is 2. The molecule has 0 radical (unpaired) electrons. The minimum Gasteiger partial charge on any atom is -0.343 e. The molecular formula is C11H14BrNO. The predicted octanol–water partition coefficient (Wildman–Crippen LogP) is 3.22. The third kappa shape index (κ3) is 2.58. The predicted molar refractivity (Wildman–Crippen MR) is 61.8 cm³/mol. The Kier molecular flexibility index (Phi) is 3.69. The van der Waals surface area contributed by atoms with Crippen molar-refractivity contribution in [2.45, 2.75) is 27.3 Å². The number of carbonyl (C=O) groups excluding carboxylic acids is 1. The molecule has 0 aliphatic carbocycles. The second kappa shape index (κ2) is 4.60. The quantitative estimate of drug-likeness (QED) is 0.638. The van der Waals surface area contributed by atoms with Gasteiger partial charge in [-0.3, -0.25) is 4.79 Å². The van der Waals surface area contributed by atoms with E-state index in [4.69, 9.17) is 0 Å². The van der Waals surface area contributed by atoms with Crippen molar-refractivity contribution in [3.63, 3.8) is 0 Å². The number of amides is 1. The summed E-state index contributed by atoms with van der Waals surface area (Å²) in [6, 6.07) is 4.14. The number of carbonyl (C=O) groups is 1. The van der Waals surface area contributed by atoms with Gasteiger partial charge in [0, 0.05) is 22.5 Å². The molecule has 0 bridgehead atoms. The molecule has 1 aromatic carbocycles. The minimum atomic E-state index is -0.171. The van der Waals surface area contributed by atoms with Gasteiger partial charge in [-0.25, -0.2) is 0 Å². The Hall–Kier alpha value is -0.830. The summed E-state index contributed by atoms with van der Waals surface area (Å²) in [5.74, 6) is 0. The number of benzene rings is 1. The van der Waals surface area contributed by atoms with E-state index in [-0.39, 0.29) is 4.82 Å². The second-order valence-corrected chi connectivity index (χ2v) is 4.14. The maximum Gasteiger partial charge on any atom is 0.287 e. The van der Waals surface area contributed by atoms with Crippen LogP contribution in [0.5, 0.6) is 0 Å². The zero-order valence-corrected chi connectivity index (χ0v) is 10.2. The van der Waals surface area contributed by atoms with E-state index in [1.54, 1.807) is 0 Å². The fourth-order valence-corrected chi connectivity index (χ4v) is 1.51. The zero-order valence-electron chi connectivity index (χ0n) is 8.65. The van der Waals surface area contributed by atoms with Gasteiger partial charge in [-0.05, 0) is 43.0 Å². The van der Waals surface area contributed by atoms with Crippen LogP contribution in [0.3, 0.4) is 0 Å². The van der Waals surface area contributed by atoms with Gasteiger partial charge < -0.3 is 5.32 Å². The molecular weight excluding hydrogens is 242 g/mol. The van der Waals surface area contributed by atoms with Crippen molar-refractivity contribution in [3.05, 3.63) is 34.4 Å². The van der Waals surface area contributed by atoms with Gasteiger partial charge >= 0.3 is 0 Å². The molecule has 3 heteroatoms. The van der Waals surface area contributed by atoms with Crippen LogP contribution in [0.1, 0.15) is 22.3 Å². The highest BCUT2D eigenvalue weighted by Gasteiger charge is 2.03. The molecule has 1 N–H and O–H groups in total. The molecule has 0 spiro atoms. The SMILES string of the molecule is Cc1ccc(CNC(=O)Br)c(C)c1C. The van der Waals surface area contributed by atoms with E-state index in [2.05, 4.69) is 54.2 Å². The van der Waals surface area contributed by atoms with Crippen molar-refractivity contribution in [2.75, 3.05) is 0 Å². The lowest BCUT2D eigenvalue weighted by molar-refractivity contribution is 0.261. The van der Waals surface area contributed by atoms with Crippen LogP contribution < -0.4 is 5.32 Å². The average molecular weight is 256 g/mol. The van der Waals surface area contributed by atoms with Crippen molar-refractivity contribution in [1.82, 2.24) is 5.32 Å². The van der Waals surface area contributed by atoms with E-state index in [1.165, 1.54) is 22.3 Å². The zero-order chi connectivity index (χ0) is 10.7. The summed E-state index contributed by atoms with van der Waals surface area (Å²) >= 11 is 2.84. The number of nitrogens with one attached hydrogen (secondary N) is 1. The fraction of sp³-hybridized carbons (Fsp3) is 0.364. The van der Waals surface area contributed by atoms with Gasteiger partial charge in [0.1, 0.15) is 0 Å². The summed E-state index contributed by atoms with van der Waals surface area (Å²) in [7, 11) is 0. The Labute approximate surface area is 92.8 Å². The summed E-state index contributed by atoms with van der Waals surface area (Å²) in [5.41, 5.74) is 5.01. The summed E-state index contributed by atoms with van der Waals surface area (Å²) in [6.45, 7) is 6.86. The standard InChI is InChI=1S/C11H14BrNO/c1-7-4-5-10(6-13-11(12)14)9(3)8(7)2/h4-5H,6H2,1-3H3,(H,13,14). The smallest absolute Gasteiger partial charge is 0.287 e. The fourth-order valence-electron chi connectivity index (χ4n) is 1.37. The van der Waals surface area contributed by atoms with Gasteiger partial charge in [-0.2, -0.15) is 0 Å². The molecule has 0 unspecified atom stereocenters. The summed E-state index contributed by atoms with van der Waals surface area (Å²) in [4.78, 5) is 10.5. The molecule has 0 aliphatic heterocycles. The molecule has 76 valence electrons. The largest absolute Gasteiger partial charge is 0.343 e. The molecule has 0 aliphatic rings. The molecule has 0 atom stereocenters. The van der Waals surface area contributed by atoms with Gasteiger partial charge in [0.15, 0.2) is 0 Å². The topological polar surface area (TPSA) is 29.1 Å². The first-order chi connectivity index (χ1) is 6.52. The highest BCUT2D eigenvalue weighted by molar-refractivity contribution is 9.18. The Balaban J connectivity index is 2.88. The van der Waals surface area contributed by atoms with E-state index < -0.39 is 0 Å². The van der Waals surface area contributed by atoms with Gasteiger partial charge in [0.05, 0.1) is 0 Å². The molecule has 1 aromatic rings. The number of halogens is 1. The Morgan fingerprint density at radius 1 is 1.29 bits per heavy atom. The van der Waals surface area contributed by atoms with Gasteiger partial charge in [-0.1, -0.05) is 12.1 Å². The van der Waals surface area contributed by atoms with Gasteiger partial charge in [0.2, 0.25) is 0 Å². The number of hydrogen-bond acceptors (Lipinski definition) is 1. The van der Waals surface area contributed by atoms with Crippen LogP contribution in [-0.2, 0) is 6.54 Å². The maximum absolute atomic E-state index is 10.7. The van der Waals surface area contributed by atoms with Crippen molar-refractivity contribution in [2.24, 2.45) is 0 Å². The molecule has 1 rings (SSSR count). The summed E-state index contributed by atoms with van der Waals surface area (Å²) < 4.78 is 0. The molecule has 0 saturated heterocycles. The van der Waals surface area contributed by atoms with Crippen LogP contribution in [0.2, 0.25) is 0 Å². The van der Waals surface area contributed by atoms with Crippen molar-refractivity contribution >= 4 is 20.7 Å². The van der Waals surface area contributed by atoms with Crippen LogP contribution >= 0.6 is 15.9 Å². The maximum atomic E-state index is 10.7. The first kappa shape index (κ1) is 11.2. The average Bonchev–Trinajstić information content (AvgIpc) is 2.13. The van der Waals surface area contributed by atoms with Crippen molar-refractivity contribution in [1.29, 1.82) is 0 Å². The normalized spacial score (nSPS) is 10.0. The third-order valence-corrected chi connectivity index (χ3v) is 2.87. The van der Waals surface area contributed by atoms with Crippen LogP contribution in [0, 0.1) is 20.8 Å². The number of aryl methyl sites for hydroxylation is 1. The summed E-state index contributed by atoms with van der Waals surface area (Å²) in [6.07, 6.45) is 0. The van der Waals surface area contributed by atoms with Crippen molar-refractivity contribution in [3.8, 4) is 0 Å². The van der Waals surface area contributed by atoms with E-state index in [9.17, 15) is 4.79 Å². The first-order valence-electron chi connectivity index (χ1n) is 4.51. The molecule has 0 aromatic heterocycles. The molecule has 0 saturated carbocycles. The lowest BCUT2D eigenvalue weighted by Gasteiger charge is -2.10. The van der Waals surface area contributed by atoms with Crippen LogP contribution in [0.25, 0.3) is 0 Å². The molecule has 2 nitrogen and oxygen atoms in total. The van der Waals surface area contributed by atoms with Gasteiger partial charge in [-0.15, -0.1) is 0 Å². The van der Waals surface area contributed by atoms with Crippen LogP contribution in [-0.4, -0.2) is 4.82 Å². The third-order valence-electron chi connectivity index (χ3n) is 2.59. The summed E-state index contributed by atoms with van der Waals surface area (Å²) in [5, 5.41) is 2.73. The highest BCUT2D eigenvalue weighted by atomic mass is 79.9. The van der Waals surface area contributed by atoms with Crippen LogP contribution in [0.15, 0.2) is 12.1 Å². The Morgan fingerprint density at radius 2 is 1.93 bits per heavy atom.